The van der Waals surface area contributed by atoms with Crippen molar-refractivity contribution in [3.05, 3.63) is 34.9 Å². The number of carbonyl (C=O) groups is 1. The van der Waals surface area contributed by atoms with Gasteiger partial charge in [-0.3, -0.25) is 4.79 Å². The van der Waals surface area contributed by atoms with Crippen LogP contribution in [0.25, 0.3) is 0 Å². The van der Waals surface area contributed by atoms with Crippen molar-refractivity contribution in [1.82, 2.24) is 4.90 Å². The second kappa shape index (κ2) is 5.66. The molecule has 0 saturated carbocycles. The number of rotatable bonds is 4. The van der Waals surface area contributed by atoms with Crippen LogP contribution in [0, 0.1) is 13.8 Å². The second-order valence-electron chi connectivity index (χ2n) is 4.15. The molecule has 88 valence electrons. The minimum absolute atomic E-state index is 0.0255. The van der Waals surface area contributed by atoms with Crippen LogP contribution in [0.4, 0.5) is 0 Å². The Morgan fingerprint density at radius 2 is 2.06 bits per heavy atom. The minimum Gasteiger partial charge on any atom is -0.396 e. The normalized spacial score (nSPS) is 10.2. The van der Waals surface area contributed by atoms with Crippen molar-refractivity contribution in [3.63, 3.8) is 0 Å². The SMILES string of the molecule is Cc1ccc(CN(C)C(=O)CCO)c(C)c1. The molecule has 1 aromatic rings. The smallest absolute Gasteiger partial charge is 0.224 e. The fourth-order valence-electron chi connectivity index (χ4n) is 1.65. The predicted molar refractivity (Wildman–Crippen MR) is 64.1 cm³/mol. The molecule has 16 heavy (non-hydrogen) atoms. The van der Waals surface area contributed by atoms with Crippen LogP contribution in [0.15, 0.2) is 18.2 Å². The third-order valence-electron chi connectivity index (χ3n) is 2.66. The number of nitrogens with zero attached hydrogens (tertiary/aromatic N) is 1. The molecule has 1 amide bonds. The Labute approximate surface area is 96.7 Å². The molecule has 0 fully saturated rings. The molecule has 0 bridgehead atoms. The van der Waals surface area contributed by atoms with E-state index in [2.05, 4.69) is 13.0 Å². The third kappa shape index (κ3) is 3.35. The lowest BCUT2D eigenvalue weighted by molar-refractivity contribution is -0.131. The van der Waals surface area contributed by atoms with Gasteiger partial charge in [-0.05, 0) is 25.0 Å². The highest BCUT2D eigenvalue weighted by Gasteiger charge is 2.09. The first-order chi connectivity index (χ1) is 7.54. The number of hydrogen-bond acceptors (Lipinski definition) is 2. The zero-order valence-corrected chi connectivity index (χ0v) is 10.2. The molecule has 1 rings (SSSR count). The first kappa shape index (κ1) is 12.7. The summed E-state index contributed by atoms with van der Waals surface area (Å²) in [6.07, 6.45) is 0.196. The number of carbonyl (C=O) groups excluding carboxylic acids is 1. The Morgan fingerprint density at radius 3 is 2.62 bits per heavy atom. The first-order valence-electron chi connectivity index (χ1n) is 5.45. The van der Waals surface area contributed by atoms with Crippen molar-refractivity contribution in [2.24, 2.45) is 0 Å². The van der Waals surface area contributed by atoms with E-state index in [0.717, 1.165) is 5.56 Å². The monoisotopic (exact) mass is 221 g/mol. The second-order valence-corrected chi connectivity index (χ2v) is 4.15. The van der Waals surface area contributed by atoms with Gasteiger partial charge < -0.3 is 10.0 Å². The van der Waals surface area contributed by atoms with Crippen molar-refractivity contribution in [2.45, 2.75) is 26.8 Å². The van der Waals surface area contributed by atoms with Gasteiger partial charge in [-0.1, -0.05) is 23.8 Å². The van der Waals surface area contributed by atoms with Crippen molar-refractivity contribution >= 4 is 5.91 Å². The van der Waals surface area contributed by atoms with E-state index in [0.29, 0.717) is 6.54 Å². The molecule has 0 spiro atoms. The quantitative estimate of drug-likeness (QED) is 0.839. The Balaban J connectivity index is 2.69. The zero-order valence-electron chi connectivity index (χ0n) is 10.2. The van der Waals surface area contributed by atoms with Gasteiger partial charge in [0, 0.05) is 20.0 Å². The average molecular weight is 221 g/mol. The maximum absolute atomic E-state index is 11.5. The van der Waals surface area contributed by atoms with Gasteiger partial charge in [-0.2, -0.15) is 0 Å². The molecule has 1 aromatic carbocycles. The Hall–Kier alpha value is -1.35. The van der Waals surface area contributed by atoms with Gasteiger partial charge in [0.25, 0.3) is 0 Å². The van der Waals surface area contributed by atoms with Crippen LogP contribution >= 0.6 is 0 Å². The molecule has 3 nitrogen and oxygen atoms in total. The van der Waals surface area contributed by atoms with E-state index in [9.17, 15) is 4.79 Å². The molecule has 1 N–H and O–H groups in total. The van der Waals surface area contributed by atoms with Crippen LogP contribution in [0.3, 0.4) is 0 Å². The standard InChI is InChI=1S/C13H19NO2/c1-10-4-5-12(11(2)8-10)9-14(3)13(16)6-7-15/h4-5,8,15H,6-7,9H2,1-3H3. The van der Waals surface area contributed by atoms with Gasteiger partial charge in [0.1, 0.15) is 0 Å². The lowest BCUT2D eigenvalue weighted by Gasteiger charge is -2.18. The largest absolute Gasteiger partial charge is 0.396 e. The van der Waals surface area contributed by atoms with Gasteiger partial charge >= 0.3 is 0 Å². The van der Waals surface area contributed by atoms with Gasteiger partial charge in [-0.15, -0.1) is 0 Å². The molecule has 0 aliphatic heterocycles. The summed E-state index contributed by atoms with van der Waals surface area (Å²) in [4.78, 5) is 13.1. The summed E-state index contributed by atoms with van der Waals surface area (Å²) in [5, 5.41) is 8.70. The minimum atomic E-state index is -0.0872. The van der Waals surface area contributed by atoms with Crippen LogP contribution in [-0.4, -0.2) is 29.6 Å². The molecule has 3 heteroatoms. The molecule has 0 atom stereocenters. The number of benzene rings is 1. The number of aryl methyl sites for hydroxylation is 2. The fourth-order valence-corrected chi connectivity index (χ4v) is 1.65. The topological polar surface area (TPSA) is 40.5 Å². The third-order valence-corrected chi connectivity index (χ3v) is 2.66. The number of amides is 1. The summed E-state index contributed by atoms with van der Waals surface area (Å²) in [6, 6.07) is 6.21. The summed E-state index contributed by atoms with van der Waals surface area (Å²) in [6.45, 7) is 4.62. The van der Waals surface area contributed by atoms with Gasteiger partial charge in [0.05, 0.1) is 6.61 Å². The molecule has 0 heterocycles. The van der Waals surface area contributed by atoms with E-state index in [1.807, 2.05) is 19.1 Å². The van der Waals surface area contributed by atoms with Crippen LogP contribution in [-0.2, 0) is 11.3 Å². The molecule has 0 aromatic heterocycles. The first-order valence-corrected chi connectivity index (χ1v) is 5.45. The highest BCUT2D eigenvalue weighted by Crippen LogP contribution is 2.12. The van der Waals surface area contributed by atoms with E-state index in [1.165, 1.54) is 11.1 Å². The summed E-state index contributed by atoms with van der Waals surface area (Å²) < 4.78 is 0. The fraction of sp³-hybridized carbons (Fsp3) is 0.462. The molecular weight excluding hydrogens is 202 g/mol. The summed E-state index contributed by atoms with van der Waals surface area (Å²) in [7, 11) is 1.76. The summed E-state index contributed by atoms with van der Waals surface area (Å²) in [5.74, 6) is -0.0255. The van der Waals surface area contributed by atoms with Crippen molar-refractivity contribution < 1.29 is 9.90 Å². The van der Waals surface area contributed by atoms with Gasteiger partial charge in [-0.25, -0.2) is 0 Å². The van der Waals surface area contributed by atoms with E-state index >= 15 is 0 Å². The molecule has 0 aliphatic rings. The molecule has 0 aliphatic carbocycles. The van der Waals surface area contributed by atoms with Crippen molar-refractivity contribution in [3.8, 4) is 0 Å². The Kier molecular flexibility index (Phi) is 4.50. The van der Waals surface area contributed by atoms with E-state index in [4.69, 9.17) is 5.11 Å². The van der Waals surface area contributed by atoms with E-state index < -0.39 is 0 Å². The van der Waals surface area contributed by atoms with Crippen molar-refractivity contribution in [1.29, 1.82) is 0 Å². The number of hydrogen-bond donors (Lipinski definition) is 1. The lowest BCUT2D eigenvalue weighted by Crippen LogP contribution is -2.27. The molecule has 0 unspecified atom stereocenters. The Bertz CT molecular complexity index is 374. The summed E-state index contributed by atoms with van der Waals surface area (Å²) in [5.41, 5.74) is 3.58. The number of aliphatic hydroxyl groups excluding tert-OH is 1. The maximum Gasteiger partial charge on any atom is 0.224 e. The number of aliphatic hydroxyl groups is 1. The van der Waals surface area contributed by atoms with Crippen LogP contribution in [0.1, 0.15) is 23.1 Å². The van der Waals surface area contributed by atoms with Crippen LogP contribution < -0.4 is 0 Å². The Morgan fingerprint density at radius 1 is 1.38 bits per heavy atom. The predicted octanol–water partition coefficient (Wildman–Crippen LogP) is 1.64. The highest BCUT2D eigenvalue weighted by molar-refractivity contribution is 5.75. The molecule has 0 radical (unpaired) electrons. The molecule has 0 saturated heterocycles. The zero-order chi connectivity index (χ0) is 12.1. The average Bonchev–Trinajstić information content (AvgIpc) is 2.22. The highest BCUT2D eigenvalue weighted by atomic mass is 16.3. The maximum atomic E-state index is 11.5. The van der Waals surface area contributed by atoms with Gasteiger partial charge in [0.2, 0.25) is 5.91 Å². The lowest BCUT2D eigenvalue weighted by atomic mass is 10.1. The molecular formula is C13H19NO2. The van der Waals surface area contributed by atoms with Crippen LogP contribution in [0.2, 0.25) is 0 Å². The van der Waals surface area contributed by atoms with E-state index in [1.54, 1.807) is 11.9 Å². The van der Waals surface area contributed by atoms with Crippen LogP contribution in [0.5, 0.6) is 0 Å². The van der Waals surface area contributed by atoms with Crippen molar-refractivity contribution in [2.75, 3.05) is 13.7 Å². The summed E-state index contributed by atoms with van der Waals surface area (Å²) >= 11 is 0. The van der Waals surface area contributed by atoms with Gasteiger partial charge in [0.15, 0.2) is 0 Å². The van der Waals surface area contributed by atoms with E-state index in [-0.39, 0.29) is 18.9 Å².